The molecule has 1 aromatic carbocycles. The fourth-order valence-electron chi connectivity index (χ4n) is 2.89. The fraction of sp³-hybridized carbons (Fsp3) is 0.538. The number of hydrogen-bond acceptors (Lipinski definition) is 2. The van der Waals surface area contributed by atoms with Gasteiger partial charge in [0.05, 0.1) is 0 Å². The van der Waals surface area contributed by atoms with Crippen molar-refractivity contribution in [3.05, 3.63) is 35.9 Å². The Balaban J connectivity index is 1.73. The number of alkyl halides is 2. The van der Waals surface area contributed by atoms with Crippen LogP contribution in [0.1, 0.15) is 5.56 Å². The third-order valence-electron chi connectivity index (χ3n) is 3.81. The lowest BCUT2D eigenvalue weighted by Crippen LogP contribution is -2.44. The van der Waals surface area contributed by atoms with Crippen LogP contribution in [0.25, 0.3) is 0 Å². The van der Waals surface area contributed by atoms with E-state index >= 15 is 0 Å². The zero-order valence-corrected chi connectivity index (χ0v) is 9.63. The highest BCUT2D eigenvalue weighted by Gasteiger charge is 2.62. The van der Waals surface area contributed by atoms with E-state index in [1.54, 1.807) is 0 Å². The number of benzene rings is 1. The van der Waals surface area contributed by atoms with Gasteiger partial charge in [-0.15, -0.1) is 0 Å². The maximum absolute atomic E-state index is 14.4. The largest absolute Gasteiger partial charge is 0.310 e. The molecular weight excluding hydrogens is 222 g/mol. The summed E-state index contributed by atoms with van der Waals surface area (Å²) in [4.78, 5) is 1.87. The lowest BCUT2D eigenvalue weighted by atomic mass is 9.94. The minimum absolute atomic E-state index is 0.134. The van der Waals surface area contributed by atoms with Gasteiger partial charge in [0, 0.05) is 32.7 Å². The fourth-order valence-corrected chi connectivity index (χ4v) is 2.89. The van der Waals surface area contributed by atoms with Crippen LogP contribution in [-0.4, -0.2) is 42.4 Å². The number of likely N-dealkylation sites (tertiary alicyclic amines) is 1. The van der Waals surface area contributed by atoms with Crippen LogP contribution in [-0.2, 0) is 6.54 Å². The highest BCUT2D eigenvalue weighted by atomic mass is 19.2. The van der Waals surface area contributed by atoms with Crippen molar-refractivity contribution in [3.63, 3.8) is 0 Å². The first kappa shape index (κ1) is 11.1. The van der Waals surface area contributed by atoms with Crippen LogP contribution >= 0.6 is 0 Å². The molecule has 0 saturated carbocycles. The monoisotopic (exact) mass is 238 g/mol. The average Bonchev–Trinajstić information content (AvgIpc) is 2.67. The summed E-state index contributed by atoms with van der Waals surface area (Å²) in [6.45, 7) is 1.26. The molecule has 2 aliphatic heterocycles. The van der Waals surface area contributed by atoms with Gasteiger partial charge in [-0.1, -0.05) is 30.3 Å². The Bertz CT molecular complexity index is 393. The molecule has 2 heterocycles. The molecule has 1 aromatic rings. The molecule has 0 radical (unpaired) electrons. The first-order chi connectivity index (χ1) is 8.11. The summed E-state index contributed by atoms with van der Waals surface area (Å²) in [5.41, 5.74) is -2.31. The Morgan fingerprint density at radius 2 is 1.65 bits per heavy atom. The number of hydrogen-bond donors (Lipinski definition) is 1. The van der Waals surface area contributed by atoms with Gasteiger partial charge in [-0.2, -0.15) is 0 Å². The molecule has 2 aliphatic rings. The van der Waals surface area contributed by atoms with Crippen molar-refractivity contribution in [3.8, 4) is 0 Å². The second-order valence-electron chi connectivity index (χ2n) is 5.16. The predicted molar refractivity (Wildman–Crippen MR) is 62.3 cm³/mol. The van der Waals surface area contributed by atoms with Gasteiger partial charge < -0.3 is 5.32 Å². The Hall–Kier alpha value is -1.00. The van der Waals surface area contributed by atoms with E-state index < -0.39 is 11.3 Å². The van der Waals surface area contributed by atoms with Crippen molar-refractivity contribution in [2.75, 3.05) is 26.2 Å². The summed E-state index contributed by atoms with van der Waals surface area (Å²) in [7, 11) is 0. The smallest absolute Gasteiger partial charge is 0.172 e. The standard InChI is InChI=1S/C13H16F2N2/c14-12-7-16-8-13(12,15)10-17(9-12)6-11-4-2-1-3-5-11/h1-5,16H,6-10H2/t12-,13+. The summed E-state index contributed by atoms with van der Waals surface area (Å²) in [5, 5.41) is 2.81. The molecule has 92 valence electrons. The molecule has 17 heavy (non-hydrogen) atoms. The highest BCUT2D eigenvalue weighted by Crippen LogP contribution is 2.41. The Kier molecular flexibility index (Phi) is 2.45. The van der Waals surface area contributed by atoms with E-state index in [-0.39, 0.29) is 26.2 Å². The van der Waals surface area contributed by atoms with Crippen molar-refractivity contribution in [1.82, 2.24) is 10.2 Å². The minimum atomic E-state index is -1.71. The zero-order valence-electron chi connectivity index (χ0n) is 9.63. The summed E-state index contributed by atoms with van der Waals surface area (Å²) < 4.78 is 28.7. The lowest BCUT2D eigenvalue weighted by molar-refractivity contribution is 0.0491. The summed E-state index contributed by atoms with van der Waals surface area (Å²) >= 11 is 0. The highest BCUT2D eigenvalue weighted by molar-refractivity contribution is 5.19. The molecule has 4 heteroatoms. The van der Waals surface area contributed by atoms with Gasteiger partial charge in [-0.05, 0) is 5.56 Å². The molecule has 0 unspecified atom stereocenters. The second-order valence-corrected chi connectivity index (χ2v) is 5.16. The Morgan fingerprint density at radius 3 is 2.24 bits per heavy atom. The molecule has 3 rings (SSSR count). The van der Waals surface area contributed by atoms with Crippen molar-refractivity contribution in [2.24, 2.45) is 0 Å². The van der Waals surface area contributed by atoms with Crippen LogP contribution in [0.5, 0.6) is 0 Å². The third-order valence-corrected chi connectivity index (χ3v) is 3.81. The predicted octanol–water partition coefficient (Wildman–Crippen LogP) is 1.52. The molecule has 0 aliphatic carbocycles. The van der Waals surface area contributed by atoms with Gasteiger partial charge in [0.15, 0.2) is 11.3 Å². The first-order valence-corrected chi connectivity index (χ1v) is 5.96. The minimum Gasteiger partial charge on any atom is -0.310 e. The van der Waals surface area contributed by atoms with Gasteiger partial charge in [-0.25, -0.2) is 8.78 Å². The first-order valence-electron chi connectivity index (χ1n) is 5.96. The van der Waals surface area contributed by atoms with E-state index in [0.29, 0.717) is 6.54 Å². The topological polar surface area (TPSA) is 15.3 Å². The van der Waals surface area contributed by atoms with Gasteiger partial charge in [0.2, 0.25) is 0 Å². The maximum atomic E-state index is 14.4. The van der Waals surface area contributed by atoms with Gasteiger partial charge in [0.25, 0.3) is 0 Å². The molecule has 2 fully saturated rings. The molecule has 2 nitrogen and oxygen atoms in total. The molecule has 2 saturated heterocycles. The van der Waals surface area contributed by atoms with Crippen LogP contribution in [0.4, 0.5) is 8.78 Å². The van der Waals surface area contributed by atoms with E-state index in [2.05, 4.69) is 5.32 Å². The second kappa shape index (κ2) is 3.75. The number of nitrogens with one attached hydrogen (secondary N) is 1. The molecule has 2 atom stereocenters. The van der Waals surface area contributed by atoms with Crippen molar-refractivity contribution < 1.29 is 8.78 Å². The number of halogens is 2. The molecule has 0 spiro atoms. The van der Waals surface area contributed by atoms with Crippen molar-refractivity contribution >= 4 is 0 Å². The molecule has 0 aromatic heterocycles. The average molecular weight is 238 g/mol. The van der Waals surface area contributed by atoms with Gasteiger partial charge in [0.1, 0.15) is 0 Å². The van der Waals surface area contributed by atoms with Crippen LogP contribution in [0.15, 0.2) is 30.3 Å². The summed E-state index contributed by atoms with van der Waals surface area (Å²) in [6, 6.07) is 9.82. The molecule has 0 bridgehead atoms. The van der Waals surface area contributed by atoms with E-state index in [4.69, 9.17) is 0 Å². The third kappa shape index (κ3) is 1.76. The zero-order chi connectivity index (χ0) is 11.9. The van der Waals surface area contributed by atoms with Crippen molar-refractivity contribution in [2.45, 2.75) is 17.9 Å². The molecule has 1 N–H and O–H groups in total. The van der Waals surface area contributed by atoms with Gasteiger partial charge in [-0.3, -0.25) is 4.90 Å². The Morgan fingerprint density at radius 1 is 1.06 bits per heavy atom. The normalized spacial score (nSPS) is 37.3. The van der Waals surface area contributed by atoms with E-state index in [1.807, 2.05) is 35.2 Å². The van der Waals surface area contributed by atoms with Crippen LogP contribution in [0, 0.1) is 0 Å². The lowest BCUT2D eigenvalue weighted by Gasteiger charge is -2.22. The van der Waals surface area contributed by atoms with Crippen LogP contribution in [0.3, 0.4) is 0 Å². The maximum Gasteiger partial charge on any atom is 0.172 e. The Labute approximate surface area is 99.6 Å². The summed E-state index contributed by atoms with van der Waals surface area (Å²) in [6.07, 6.45) is 0. The van der Waals surface area contributed by atoms with Crippen molar-refractivity contribution in [1.29, 1.82) is 0 Å². The number of nitrogens with zero attached hydrogens (tertiary/aromatic N) is 1. The number of rotatable bonds is 2. The van der Waals surface area contributed by atoms with Gasteiger partial charge >= 0.3 is 0 Å². The van der Waals surface area contributed by atoms with Crippen LogP contribution in [0.2, 0.25) is 0 Å². The number of fused-ring (bicyclic) bond motifs is 1. The SMILES string of the molecule is F[C@@]12CNC[C@]1(F)CN(Cc1ccccc1)C2. The summed E-state index contributed by atoms with van der Waals surface area (Å²) in [5.74, 6) is 0. The van der Waals surface area contributed by atoms with E-state index in [1.165, 1.54) is 0 Å². The van der Waals surface area contributed by atoms with E-state index in [0.717, 1.165) is 5.56 Å². The van der Waals surface area contributed by atoms with Crippen LogP contribution < -0.4 is 5.32 Å². The molecular formula is C13H16F2N2. The van der Waals surface area contributed by atoms with E-state index in [9.17, 15) is 8.78 Å². The quantitative estimate of drug-likeness (QED) is 0.840. The molecule has 0 amide bonds.